The van der Waals surface area contributed by atoms with Crippen LogP contribution in [0.2, 0.25) is 0 Å². The number of hydrogen-bond donors (Lipinski definition) is 3. The van der Waals surface area contributed by atoms with E-state index in [9.17, 15) is 14.4 Å². The summed E-state index contributed by atoms with van der Waals surface area (Å²) < 4.78 is 0. The number of carbonyl (C=O) groups excluding carboxylic acids is 3. The number of nitrogens with two attached hydrogens (primary N) is 2. The molecular formula is C12H22N4O3. The van der Waals surface area contributed by atoms with Gasteiger partial charge in [-0.3, -0.25) is 14.4 Å². The van der Waals surface area contributed by atoms with E-state index in [-0.39, 0.29) is 19.0 Å². The van der Waals surface area contributed by atoms with Gasteiger partial charge in [-0.15, -0.1) is 0 Å². The van der Waals surface area contributed by atoms with Crippen molar-refractivity contribution < 1.29 is 14.4 Å². The van der Waals surface area contributed by atoms with Gasteiger partial charge < -0.3 is 21.7 Å². The first kappa shape index (κ1) is 15.4. The van der Waals surface area contributed by atoms with Gasteiger partial charge in [-0.05, 0) is 38.3 Å². The fourth-order valence-corrected chi connectivity index (χ4v) is 2.26. The molecule has 0 saturated carbocycles. The van der Waals surface area contributed by atoms with Crippen LogP contribution in [0.4, 0.5) is 0 Å². The van der Waals surface area contributed by atoms with E-state index in [2.05, 4.69) is 5.32 Å². The molecule has 0 aromatic carbocycles. The average molecular weight is 270 g/mol. The maximum atomic E-state index is 11.9. The maximum absolute atomic E-state index is 11.9. The van der Waals surface area contributed by atoms with Gasteiger partial charge in [0.05, 0.1) is 13.1 Å². The van der Waals surface area contributed by atoms with Gasteiger partial charge >= 0.3 is 0 Å². The Morgan fingerprint density at radius 2 is 1.79 bits per heavy atom. The molecule has 0 aromatic rings. The summed E-state index contributed by atoms with van der Waals surface area (Å²) >= 11 is 0. The Bertz CT molecular complexity index is 324. The highest BCUT2D eigenvalue weighted by molar-refractivity contribution is 5.88. The second-order valence-corrected chi connectivity index (χ2v) is 4.93. The SMILES string of the molecule is NC(=O)CN(CC(N)=O)C(=O)CCC1CCCNC1. The second kappa shape index (κ2) is 7.73. The van der Waals surface area contributed by atoms with Crippen LogP contribution in [0.5, 0.6) is 0 Å². The van der Waals surface area contributed by atoms with Crippen molar-refractivity contribution >= 4 is 17.7 Å². The quantitative estimate of drug-likeness (QED) is 0.525. The molecular weight excluding hydrogens is 248 g/mol. The van der Waals surface area contributed by atoms with Crippen LogP contribution in [0.3, 0.4) is 0 Å². The van der Waals surface area contributed by atoms with Crippen LogP contribution in [0.25, 0.3) is 0 Å². The van der Waals surface area contributed by atoms with E-state index in [1.165, 1.54) is 0 Å². The molecule has 1 atom stereocenters. The predicted octanol–water partition coefficient (Wildman–Crippen LogP) is -1.43. The highest BCUT2D eigenvalue weighted by Gasteiger charge is 2.20. The molecule has 1 fully saturated rings. The topological polar surface area (TPSA) is 119 Å². The van der Waals surface area contributed by atoms with Crippen LogP contribution in [-0.2, 0) is 14.4 Å². The number of primary amides is 2. The third-order valence-corrected chi connectivity index (χ3v) is 3.21. The zero-order valence-corrected chi connectivity index (χ0v) is 11.1. The number of hydrogen-bond acceptors (Lipinski definition) is 4. The zero-order chi connectivity index (χ0) is 14.3. The van der Waals surface area contributed by atoms with Gasteiger partial charge in [0.15, 0.2) is 0 Å². The monoisotopic (exact) mass is 270 g/mol. The second-order valence-electron chi connectivity index (χ2n) is 4.93. The summed E-state index contributed by atoms with van der Waals surface area (Å²) in [7, 11) is 0. The molecule has 1 aliphatic rings. The van der Waals surface area contributed by atoms with E-state index in [4.69, 9.17) is 11.5 Å². The molecule has 0 aromatic heterocycles. The number of nitrogens with one attached hydrogen (secondary N) is 1. The van der Waals surface area contributed by atoms with Crippen molar-refractivity contribution in [3.63, 3.8) is 0 Å². The molecule has 0 bridgehead atoms. The molecule has 7 nitrogen and oxygen atoms in total. The zero-order valence-electron chi connectivity index (χ0n) is 11.1. The van der Waals surface area contributed by atoms with Crippen molar-refractivity contribution in [2.45, 2.75) is 25.7 Å². The smallest absolute Gasteiger partial charge is 0.237 e. The van der Waals surface area contributed by atoms with Gasteiger partial charge in [-0.2, -0.15) is 0 Å². The fraction of sp³-hybridized carbons (Fsp3) is 0.750. The van der Waals surface area contributed by atoms with Crippen molar-refractivity contribution in [1.29, 1.82) is 0 Å². The number of amides is 3. The molecule has 0 spiro atoms. The molecule has 0 aliphatic carbocycles. The van der Waals surface area contributed by atoms with Gasteiger partial charge in [0.25, 0.3) is 0 Å². The Morgan fingerprint density at radius 3 is 2.26 bits per heavy atom. The molecule has 19 heavy (non-hydrogen) atoms. The van der Waals surface area contributed by atoms with Crippen LogP contribution in [0.15, 0.2) is 0 Å². The lowest BCUT2D eigenvalue weighted by atomic mass is 9.94. The Labute approximate surface area is 112 Å². The minimum atomic E-state index is -0.645. The van der Waals surface area contributed by atoms with Gasteiger partial charge in [-0.25, -0.2) is 0 Å². The summed E-state index contributed by atoms with van der Waals surface area (Å²) in [6.45, 7) is 1.42. The normalized spacial score (nSPS) is 18.8. The molecule has 0 radical (unpaired) electrons. The lowest BCUT2D eigenvalue weighted by molar-refractivity contribution is -0.138. The summed E-state index contributed by atoms with van der Waals surface area (Å²) in [4.78, 5) is 34.8. The summed E-state index contributed by atoms with van der Waals surface area (Å²) in [5, 5.41) is 3.28. The van der Waals surface area contributed by atoms with Crippen LogP contribution >= 0.6 is 0 Å². The molecule has 1 aliphatic heterocycles. The first-order valence-electron chi connectivity index (χ1n) is 6.54. The van der Waals surface area contributed by atoms with E-state index in [0.29, 0.717) is 12.3 Å². The third kappa shape index (κ3) is 6.19. The Morgan fingerprint density at radius 1 is 1.16 bits per heavy atom. The molecule has 5 N–H and O–H groups in total. The lowest BCUT2D eigenvalue weighted by Gasteiger charge is -2.24. The number of carbonyl (C=O) groups is 3. The van der Waals surface area contributed by atoms with E-state index in [1.807, 2.05) is 0 Å². The first-order chi connectivity index (χ1) is 8.99. The molecule has 7 heteroatoms. The van der Waals surface area contributed by atoms with Crippen LogP contribution in [0, 0.1) is 5.92 Å². The summed E-state index contributed by atoms with van der Waals surface area (Å²) in [5.74, 6) is -1.06. The predicted molar refractivity (Wildman–Crippen MR) is 69.8 cm³/mol. The summed E-state index contributed by atoms with van der Waals surface area (Å²) in [5.41, 5.74) is 10.1. The number of rotatable bonds is 7. The molecule has 3 amide bonds. The minimum Gasteiger partial charge on any atom is -0.368 e. The van der Waals surface area contributed by atoms with Gasteiger partial charge in [-0.1, -0.05) is 0 Å². The Hall–Kier alpha value is -1.63. The Balaban J connectivity index is 2.41. The number of nitrogens with zero attached hydrogens (tertiary/aromatic N) is 1. The van der Waals surface area contributed by atoms with Crippen LogP contribution in [-0.4, -0.2) is 48.8 Å². The van der Waals surface area contributed by atoms with Crippen molar-refractivity contribution in [3.05, 3.63) is 0 Å². The highest BCUT2D eigenvalue weighted by Crippen LogP contribution is 2.16. The standard InChI is InChI=1S/C12H22N4O3/c13-10(17)7-16(8-11(14)18)12(19)4-3-9-2-1-5-15-6-9/h9,15H,1-8H2,(H2,13,17)(H2,14,18). The van der Waals surface area contributed by atoms with E-state index >= 15 is 0 Å². The molecule has 1 rings (SSSR count). The van der Waals surface area contributed by atoms with Crippen LogP contribution in [0.1, 0.15) is 25.7 Å². The maximum Gasteiger partial charge on any atom is 0.237 e. The van der Waals surface area contributed by atoms with Gasteiger partial charge in [0.1, 0.15) is 0 Å². The highest BCUT2D eigenvalue weighted by atomic mass is 16.2. The lowest BCUT2D eigenvalue weighted by Crippen LogP contribution is -2.43. The summed E-state index contributed by atoms with van der Waals surface area (Å²) in [6, 6.07) is 0. The average Bonchev–Trinajstić information content (AvgIpc) is 2.35. The largest absolute Gasteiger partial charge is 0.368 e. The van der Waals surface area contributed by atoms with Crippen LogP contribution < -0.4 is 16.8 Å². The van der Waals surface area contributed by atoms with Crippen molar-refractivity contribution in [3.8, 4) is 0 Å². The molecule has 1 saturated heterocycles. The number of piperidine rings is 1. The first-order valence-corrected chi connectivity index (χ1v) is 6.54. The molecule has 108 valence electrons. The molecule has 1 unspecified atom stereocenters. The van der Waals surface area contributed by atoms with E-state index in [0.717, 1.165) is 37.3 Å². The minimum absolute atomic E-state index is 0.247. The van der Waals surface area contributed by atoms with Crippen molar-refractivity contribution in [1.82, 2.24) is 10.2 Å². The van der Waals surface area contributed by atoms with E-state index in [1.54, 1.807) is 0 Å². The molecule has 1 heterocycles. The van der Waals surface area contributed by atoms with Crippen molar-refractivity contribution in [2.75, 3.05) is 26.2 Å². The summed E-state index contributed by atoms with van der Waals surface area (Å²) in [6.07, 6.45) is 3.28. The fourth-order valence-electron chi connectivity index (χ4n) is 2.26. The third-order valence-electron chi connectivity index (χ3n) is 3.21. The Kier molecular flexibility index (Phi) is 6.27. The van der Waals surface area contributed by atoms with Crippen molar-refractivity contribution in [2.24, 2.45) is 17.4 Å². The van der Waals surface area contributed by atoms with Gasteiger partial charge in [0.2, 0.25) is 17.7 Å². The van der Waals surface area contributed by atoms with E-state index < -0.39 is 11.8 Å². The van der Waals surface area contributed by atoms with Gasteiger partial charge in [0, 0.05) is 6.42 Å².